The van der Waals surface area contributed by atoms with Gasteiger partial charge in [-0.15, -0.1) is 0 Å². The van der Waals surface area contributed by atoms with Crippen LogP contribution in [0.5, 0.6) is 5.75 Å². The first-order chi connectivity index (χ1) is 16.4. The number of thiazole rings is 1. The SMILES string of the molecule is CCC(F)(F)F.CS(=O)(=O)c1ccc(OS)c(C(=O)N2CCN(c3nc4c(s3)COCC4)CC2)c1. The van der Waals surface area contributed by atoms with E-state index in [9.17, 15) is 26.4 Å². The predicted molar refractivity (Wildman–Crippen MR) is 129 cm³/mol. The molecule has 1 saturated heterocycles. The average molecular weight is 554 g/mol. The van der Waals surface area contributed by atoms with Crippen LogP contribution >= 0.6 is 24.2 Å². The molecule has 0 aliphatic carbocycles. The molecule has 2 aliphatic heterocycles. The van der Waals surface area contributed by atoms with Gasteiger partial charge in [0.2, 0.25) is 0 Å². The molecular weight excluding hydrogens is 527 g/mol. The van der Waals surface area contributed by atoms with Gasteiger partial charge in [0.15, 0.2) is 15.0 Å². The van der Waals surface area contributed by atoms with Gasteiger partial charge in [0.1, 0.15) is 5.75 Å². The number of alkyl halides is 3. The van der Waals surface area contributed by atoms with Crippen molar-refractivity contribution >= 4 is 45.1 Å². The Kier molecular flexibility index (Phi) is 8.94. The second-order valence-electron chi connectivity index (χ2n) is 7.94. The van der Waals surface area contributed by atoms with Crippen LogP contribution in [-0.4, -0.2) is 69.4 Å². The minimum absolute atomic E-state index is 0.0733. The molecule has 0 bridgehead atoms. The molecule has 0 radical (unpaired) electrons. The van der Waals surface area contributed by atoms with E-state index in [0.29, 0.717) is 39.4 Å². The third kappa shape index (κ3) is 7.24. The highest BCUT2D eigenvalue weighted by Gasteiger charge is 2.28. The fourth-order valence-corrected chi connectivity index (χ4v) is 5.31. The zero-order valence-electron chi connectivity index (χ0n) is 19.2. The van der Waals surface area contributed by atoms with Gasteiger partial charge in [-0.3, -0.25) is 4.79 Å². The van der Waals surface area contributed by atoms with Crippen molar-refractivity contribution in [2.24, 2.45) is 0 Å². The van der Waals surface area contributed by atoms with Crippen LogP contribution in [0.25, 0.3) is 0 Å². The number of carbonyl (C=O) groups excluding carboxylic acids is 1. The summed E-state index contributed by atoms with van der Waals surface area (Å²) in [6, 6.07) is 4.21. The maximum atomic E-state index is 13.0. The molecule has 2 aliphatic rings. The fourth-order valence-electron chi connectivity index (χ4n) is 3.40. The lowest BCUT2D eigenvalue weighted by Crippen LogP contribution is -2.48. The van der Waals surface area contributed by atoms with E-state index in [1.54, 1.807) is 16.2 Å². The van der Waals surface area contributed by atoms with Gasteiger partial charge in [0, 0.05) is 58.2 Å². The summed E-state index contributed by atoms with van der Waals surface area (Å²) < 4.78 is 66.5. The molecule has 14 heteroatoms. The van der Waals surface area contributed by atoms with Crippen LogP contribution in [0.3, 0.4) is 0 Å². The number of anilines is 1. The van der Waals surface area contributed by atoms with Gasteiger partial charge in [-0.05, 0) is 18.2 Å². The summed E-state index contributed by atoms with van der Waals surface area (Å²) in [5.74, 6) is -0.0354. The van der Waals surface area contributed by atoms with Crippen molar-refractivity contribution in [2.75, 3.05) is 43.9 Å². The van der Waals surface area contributed by atoms with E-state index in [-0.39, 0.29) is 22.1 Å². The first-order valence-corrected chi connectivity index (χ1v) is 13.8. The number of hydrogen-bond donors (Lipinski definition) is 1. The van der Waals surface area contributed by atoms with Crippen molar-refractivity contribution in [3.63, 3.8) is 0 Å². The molecule has 0 atom stereocenters. The summed E-state index contributed by atoms with van der Waals surface area (Å²) in [7, 11) is -3.44. The zero-order valence-corrected chi connectivity index (χ0v) is 21.7. The van der Waals surface area contributed by atoms with Gasteiger partial charge in [0.05, 0.1) is 34.2 Å². The molecule has 0 saturated carbocycles. The van der Waals surface area contributed by atoms with Crippen LogP contribution in [0.4, 0.5) is 18.3 Å². The molecule has 35 heavy (non-hydrogen) atoms. The molecule has 1 amide bonds. The largest absolute Gasteiger partial charge is 0.428 e. The van der Waals surface area contributed by atoms with Crippen molar-refractivity contribution in [2.45, 2.75) is 37.4 Å². The molecule has 1 aromatic heterocycles. The molecule has 2 aromatic rings. The summed E-state index contributed by atoms with van der Waals surface area (Å²) in [4.78, 5) is 22.9. The van der Waals surface area contributed by atoms with E-state index in [2.05, 4.69) is 17.8 Å². The number of hydrogen-bond acceptors (Lipinski definition) is 9. The smallest absolute Gasteiger partial charge is 0.388 e. The number of benzene rings is 1. The number of sulfone groups is 1. The number of carbonyl (C=O) groups is 1. The van der Waals surface area contributed by atoms with E-state index in [1.807, 2.05) is 0 Å². The van der Waals surface area contributed by atoms with Crippen LogP contribution in [0.2, 0.25) is 0 Å². The summed E-state index contributed by atoms with van der Waals surface area (Å²) in [5, 5.41) is 0.964. The molecule has 1 aromatic carbocycles. The highest BCUT2D eigenvalue weighted by atomic mass is 32.2. The van der Waals surface area contributed by atoms with Crippen LogP contribution < -0.4 is 9.08 Å². The molecule has 0 unspecified atom stereocenters. The van der Waals surface area contributed by atoms with Gasteiger partial charge in [0.25, 0.3) is 5.91 Å². The number of amides is 1. The maximum absolute atomic E-state index is 13.0. The Morgan fingerprint density at radius 3 is 2.46 bits per heavy atom. The van der Waals surface area contributed by atoms with Crippen molar-refractivity contribution in [1.82, 2.24) is 9.88 Å². The van der Waals surface area contributed by atoms with Crippen molar-refractivity contribution in [3.8, 4) is 5.75 Å². The first-order valence-electron chi connectivity index (χ1n) is 10.8. The molecule has 0 spiro atoms. The number of thiol groups is 1. The standard InChI is InChI=1S/C18H21N3O5S3.C3H5F3/c1-29(23,24)12-2-3-15(26-27)13(10-12)17(22)20-5-7-21(8-6-20)18-19-14-4-9-25-11-16(14)28-18;1-2-3(4,5)6/h2-3,10,27H,4-9,11H2,1H3;2H2,1H3. The molecule has 0 N–H and O–H groups in total. The van der Waals surface area contributed by atoms with Crippen molar-refractivity contribution in [3.05, 3.63) is 34.3 Å². The van der Waals surface area contributed by atoms with Crippen LogP contribution in [0, 0.1) is 0 Å². The summed E-state index contributed by atoms with van der Waals surface area (Å²) in [6.45, 7) is 4.74. The monoisotopic (exact) mass is 553 g/mol. The average Bonchev–Trinajstić information content (AvgIpc) is 3.27. The fraction of sp³-hybridized carbons (Fsp3) is 0.524. The molecule has 4 rings (SSSR count). The molecule has 1 fully saturated rings. The van der Waals surface area contributed by atoms with Crippen molar-refractivity contribution in [1.29, 1.82) is 0 Å². The minimum atomic E-state index is -3.96. The van der Waals surface area contributed by atoms with E-state index < -0.39 is 22.4 Å². The Morgan fingerprint density at radius 2 is 1.91 bits per heavy atom. The lowest BCUT2D eigenvalue weighted by molar-refractivity contribution is -0.130. The number of rotatable bonds is 4. The lowest BCUT2D eigenvalue weighted by atomic mass is 10.1. The highest BCUT2D eigenvalue weighted by Crippen LogP contribution is 2.31. The Morgan fingerprint density at radius 1 is 1.26 bits per heavy atom. The number of fused-ring (bicyclic) bond motifs is 1. The Bertz CT molecular complexity index is 1120. The Labute approximate surface area is 211 Å². The molecule has 3 heterocycles. The van der Waals surface area contributed by atoms with Crippen LogP contribution in [0.15, 0.2) is 23.1 Å². The second-order valence-corrected chi connectivity index (χ2v) is 11.2. The zero-order chi connectivity index (χ0) is 25.8. The third-order valence-corrected chi connectivity index (χ3v) is 7.87. The normalized spacial score (nSPS) is 16.3. The van der Waals surface area contributed by atoms with Crippen molar-refractivity contribution < 1.29 is 35.3 Å². The van der Waals surface area contributed by atoms with Gasteiger partial charge in [-0.25, -0.2) is 13.4 Å². The van der Waals surface area contributed by atoms with Crippen LogP contribution in [0.1, 0.15) is 34.3 Å². The topological polar surface area (TPSA) is 89.0 Å². The first kappa shape index (κ1) is 27.6. The molecule has 194 valence electrons. The molecule has 8 nitrogen and oxygen atoms in total. The van der Waals surface area contributed by atoms with E-state index in [0.717, 1.165) is 30.4 Å². The Hall–Kier alpha value is -2.03. The van der Waals surface area contributed by atoms with Crippen LogP contribution in [-0.2, 0) is 27.6 Å². The second kappa shape index (κ2) is 11.4. The Balaban J connectivity index is 0.000000509. The number of halogens is 3. The summed E-state index contributed by atoms with van der Waals surface area (Å²) >= 11 is 5.45. The van der Waals surface area contributed by atoms with E-state index in [1.165, 1.54) is 23.1 Å². The minimum Gasteiger partial charge on any atom is -0.428 e. The van der Waals surface area contributed by atoms with Gasteiger partial charge < -0.3 is 18.7 Å². The number of aromatic nitrogens is 1. The molecular formula is C21H26F3N3O5S3. The van der Waals surface area contributed by atoms with E-state index >= 15 is 0 Å². The third-order valence-electron chi connectivity index (χ3n) is 5.43. The van der Waals surface area contributed by atoms with Gasteiger partial charge >= 0.3 is 6.18 Å². The number of ether oxygens (including phenoxy) is 1. The lowest BCUT2D eigenvalue weighted by Gasteiger charge is -2.34. The highest BCUT2D eigenvalue weighted by molar-refractivity contribution is 7.90. The van der Waals surface area contributed by atoms with Gasteiger partial charge in [-0.2, -0.15) is 13.2 Å². The number of nitrogens with zero attached hydrogens (tertiary/aromatic N) is 3. The predicted octanol–water partition coefficient (Wildman–Crippen LogP) is 3.76. The van der Waals surface area contributed by atoms with Gasteiger partial charge in [-0.1, -0.05) is 18.3 Å². The quantitative estimate of drug-likeness (QED) is 0.456. The maximum Gasteiger partial charge on any atom is 0.388 e. The van der Waals surface area contributed by atoms with E-state index in [4.69, 9.17) is 13.9 Å². The summed E-state index contributed by atoms with van der Waals surface area (Å²) in [5.41, 5.74) is 1.31. The number of piperazine rings is 1. The summed E-state index contributed by atoms with van der Waals surface area (Å²) in [6.07, 6.45) is -2.74.